The van der Waals surface area contributed by atoms with Gasteiger partial charge in [0.1, 0.15) is 23.1 Å². The van der Waals surface area contributed by atoms with Gasteiger partial charge in [0.2, 0.25) is 47.3 Å². The molecule has 8 N–H and O–H groups in total. The molecule has 0 bridgehead atoms. The van der Waals surface area contributed by atoms with Crippen LogP contribution in [0.2, 0.25) is 5.02 Å². The first-order valence-electron chi connectivity index (χ1n) is 41.8. The third-order valence-corrected chi connectivity index (χ3v) is 18.5. The highest BCUT2D eigenvalue weighted by Gasteiger charge is 2.32. The molecule has 0 saturated carbocycles. The Morgan fingerprint density at radius 1 is 0.272 bits per heavy atom. The van der Waals surface area contributed by atoms with Gasteiger partial charge in [-0.1, -0.05) is 341 Å². The summed E-state index contributed by atoms with van der Waals surface area (Å²) in [5, 5.41) is 25.4. The van der Waals surface area contributed by atoms with E-state index in [4.69, 9.17) is 21.1 Å². The van der Waals surface area contributed by atoms with Gasteiger partial charge in [0.25, 0.3) is 0 Å². The Labute approximate surface area is 828 Å². The van der Waals surface area contributed by atoms with E-state index in [0.29, 0.717) is 16.4 Å². The van der Waals surface area contributed by atoms with Gasteiger partial charge in [-0.15, -0.1) is 0 Å². The van der Waals surface area contributed by atoms with Crippen LogP contribution < -0.4 is 52.0 Å². The summed E-state index contributed by atoms with van der Waals surface area (Å²) >= 11 is 9.06. The number of amides is 8. The summed E-state index contributed by atoms with van der Waals surface area (Å²) in [6.07, 6.45) is -4.35. The van der Waals surface area contributed by atoms with Crippen LogP contribution in [0.5, 0.6) is 17.2 Å². The van der Waals surface area contributed by atoms with Crippen molar-refractivity contribution in [1.29, 1.82) is 0 Å². The lowest BCUT2D eigenvalue weighted by atomic mass is 9.87. The number of alkyl halides is 3. The molecule has 0 spiro atoms. The predicted octanol–water partition coefficient (Wildman–Crippen LogP) is 33.3. The molecule has 0 aliphatic rings. The number of nitrogens with one attached hydrogen (secondary N) is 8. The van der Waals surface area contributed by atoms with E-state index in [2.05, 4.69) is 91.4 Å². The minimum Gasteiger partial charge on any atom is -0.497 e. The lowest BCUT2D eigenvalue weighted by Gasteiger charge is -2.20. The van der Waals surface area contributed by atoms with E-state index >= 15 is 0 Å². The second-order valence-corrected chi connectivity index (χ2v) is 40.6. The largest absolute Gasteiger partial charge is 0.497 e. The Kier molecular flexibility index (Phi) is 58.9. The SMILES string of the molecule is C.C.C.C.C.C.C.C.CC(C)(C)C(=O)Nc1ccc(Br)cc1.CC(C)(C)C(=O)Nc1ccc(C(C)(C)C)cc1.CC(C)(C)C(=O)Nc1ccc(C(F)(F)F)cc1.CC(C)(C)C(=O)Nc1ccc(Cl)cc1.CC(C)(C)C(=O)Nc1ccc(F)cc1.CC(C)(C)C(=O)Nc1ccc(Oc2ccccc2)cc1.CC(C)(C)C(=O)Nc1cccc2ccccc12.COc1ccc(NC(=O)C(C)(C)C)cc1. The third kappa shape index (κ3) is 52.4. The standard InChI is InChI=1S/C17H19NO2.C15H17NO.C15H23NO.C12H14F3NO.C12H17NO2.C11H14BrNO.C11H14ClNO.C11H14FNO.8CH4/c1-17(2,3)16(19)18-13-9-11-15(12-10-13)20-14-7-5-4-6-8-14;1-15(2,3)14(17)16-13-10-6-8-11-7-4-5-9-12(11)13;1-14(2,3)11-7-9-12(10-8-11)16-13(17)15(4,5)6;1-11(2,3)10(17)16-9-6-4-8(5-7-9)12(13,14)15;1-12(2,3)11(14)13-9-5-7-10(15-4)8-6-9;3*1-11(2,3)10(14)13-9-6-4-8(12)5-7-9;;;;;;;;/h4-12H,1-3H3,(H,18,19);4-10H,1-3H3,(H,16,17);7-10H,1-6H3,(H,16,17);4-7H,1-3H3,(H,16,17);5-8H,1-4H3,(H,13,14);3*4-7H,1-3H3,(H,13,14);8*1H4. The predicted molar refractivity (Wildman–Crippen MR) is 577 cm³/mol. The molecule has 0 saturated heterocycles. The smallest absolute Gasteiger partial charge is 0.416 e. The first-order chi connectivity index (χ1) is 58.7. The highest BCUT2D eigenvalue weighted by molar-refractivity contribution is 9.10. The van der Waals surface area contributed by atoms with Crippen LogP contribution in [0.15, 0.2) is 247 Å². The Morgan fingerprint density at radius 2 is 0.507 bits per heavy atom. The minimum absolute atomic E-state index is 0. The van der Waals surface area contributed by atoms with Gasteiger partial charge >= 0.3 is 6.18 Å². The third-order valence-electron chi connectivity index (χ3n) is 17.7. The number of para-hydroxylation sites is 1. The van der Waals surface area contributed by atoms with Crippen LogP contribution >= 0.6 is 27.5 Å². The average molecular weight is 1970 g/mol. The molecule has 136 heavy (non-hydrogen) atoms. The van der Waals surface area contributed by atoms with Crippen molar-refractivity contribution in [1.82, 2.24) is 0 Å². The van der Waals surface area contributed by atoms with Crippen LogP contribution in [0.3, 0.4) is 0 Å². The van der Waals surface area contributed by atoms with Gasteiger partial charge in [0.05, 0.1) is 12.7 Å². The lowest BCUT2D eigenvalue weighted by molar-refractivity contribution is -0.137. The summed E-state index contributed by atoms with van der Waals surface area (Å²) in [5.74, 6) is 1.80. The number of halogens is 6. The van der Waals surface area contributed by atoms with Crippen molar-refractivity contribution in [2.24, 2.45) is 43.3 Å². The van der Waals surface area contributed by atoms with Gasteiger partial charge < -0.3 is 52.0 Å². The zero-order valence-electron chi connectivity index (χ0n) is 79.4. The van der Waals surface area contributed by atoms with Crippen LogP contribution in [0.25, 0.3) is 10.8 Å². The molecule has 0 aliphatic heterocycles. The summed E-state index contributed by atoms with van der Waals surface area (Å²) in [7, 11) is 1.61. The van der Waals surface area contributed by atoms with E-state index in [1.165, 1.54) is 29.8 Å². The fourth-order valence-corrected chi connectivity index (χ4v) is 9.57. The Balaban J connectivity index is -0.000000353. The molecular weight excluding hydrogens is 1810 g/mol. The molecular formula is C112H164BrClF4N8O10. The average Bonchev–Trinajstić information content (AvgIpc) is 0.795. The maximum absolute atomic E-state index is 12.5. The number of ether oxygens (including phenoxy) is 2. The van der Waals surface area contributed by atoms with E-state index in [0.717, 1.165) is 78.8 Å². The summed E-state index contributed by atoms with van der Waals surface area (Å²) in [5.41, 5.74) is 3.29. The van der Waals surface area contributed by atoms with Crippen LogP contribution in [-0.4, -0.2) is 54.4 Å². The molecule has 0 unspecified atom stereocenters. The van der Waals surface area contributed by atoms with Gasteiger partial charge in [-0.2, -0.15) is 13.2 Å². The molecule has 10 aromatic rings. The second-order valence-electron chi connectivity index (χ2n) is 39.3. The number of rotatable bonds is 11. The monoisotopic (exact) mass is 1970 g/mol. The minimum atomic E-state index is -4.35. The van der Waals surface area contributed by atoms with Crippen molar-refractivity contribution in [3.8, 4) is 17.2 Å². The summed E-state index contributed by atoms with van der Waals surface area (Å²) < 4.78 is 61.1. The Bertz CT molecular complexity index is 4940. The number of hydrogen-bond acceptors (Lipinski definition) is 10. The van der Waals surface area contributed by atoms with Crippen LogP contribution in [0.1, 0.15) is 257 Å². The number of hydrogen-bond donors (Lipinski definition) is 8. The number of anilines is 8. The van der Waals surface area contributed by atoms with Crippen molar-refractivity contribution in [3.63, 3.8) is 0 Å². The number of carbonyl (C=O) groups excluding carboxylic acids is 8. The van der Waals surface area contributed by atoms with Gasteiger partial charge in [-0.05, 0) is 192 Å². The van der Waals surface area contributed by atoms with E-state index in [9.17, 15) is 55.9 Å². The van der Waals surface area contributed by atoms with Gasteiger partial charge in [-0.3, -0.25) is 38.4 Å². The molecule has 18 nitrogen and oxygen atoms in total. The van der Waals surface area contributed by atoms with Crippen molar-refractivity contribution >= 4 is 131 Å². The zero-order valence-corrected chi connectivity index (χ0v) is 81.8. The number of carbonyl (C=O) groups is 8. The summed E-state index contributed by atoms with van der Waals surface area (Å²) in [6.45, 7) is 51.2. The molecule has 0 radical (unpaired) electrons. The quantitative estimate of drug-likeness (QED) is 0.0569. The highest BCUT2D eigenvalue weighted by atomic mass is 79.9. The lowest BCUT2D eigenvalue weighted by Crippen LogP contribution is -2.27. The molecule has 0 heterocycles. The Morgan fingerprint density at radius 3 is 0.794 bits per heavy atom. The van der Waals surface area contributed by atoms with E-state index in [1.807, 2.05) is 303 Å². The molecule has 0 aliphatic carbocycles. The molecule has 10 rings (SSSR count). The molecule has 8 amide bonds. The molecule has 10 aromatic carbocycles. The zero-order chi connectivity index (χ0) is 97.4. The van der Waals surface area contributed by atoms with Gasteiger partial charge in [0, 0.05) is 104 Å². The van der Waals surface area contributed by atoms with Crippen molar-refractivity contribution < 1.29 is 65.4 Å². The van der Waals surface area contributed by atoms with E-state index < -0.39 is 28.0 Å². The first kappa shape index (κ1) is 135. The maximum atomic E-state index is 12.5. The number of methoxy groups -OCH3 is 1. The summed E-state index contributed by atoms with van der Waals surface area (Å²) in [4.78, 5) is 93.6. The van der Waals surface area contributed by atoms with E-state index in [1.54, 1.807) is 64.3 Å². The van der Waals surface area contributed by atoms with Crippen molar-refractivity contribution in [3.05, 3.63) is 269 Å². The Hall–Kier alpha value is -11.7. The molecule has 0 aromatic heterocycles. The molecule has 0 atom stereocenters. The van der Waals surface area contributed by atoms with Crippen LogP contribution in [0.4, 0.5) is 63.1 Å². The highest BCUT2D eigenvalue weighted by Crippen LogP contribution is 2.33. The first-order valence-corrected chi connectivity index (χ1v) is 42.9. The molecule has 24 heteroatoms. The normalized spacial score (nSPS) is 10.8. The maximum Gasteiger partial charge on any atom is 0.416 e. The summed E-state index contributed by atoms with van der Waals surface area (Å²) in [6, 6.07) is 71.0. The molecule has 0 fully saturated rings. The van der Waals surface area contributed by atoms with Crippen LogP contribution in [-0.2, 0) is 49.9 Å². The van der Waals surface area contributed by atoms with E-state index in [-0.39, 0.29) is 145 Å². The van der Waals surface area contributed by atoms with Crippen molar-refractivity contribution in [2.45, 2.75) is 258 Å². The fraction of sp³-hybridized carbons (Fsp3) is 0.411. The topological polar surface area (TPSA) is 251 Å². The van der Waals surface area contributed by atoms with Gasteiger partial charge in [-0.25, -0.2) is 4.39 Å². The second kappa shape index (κ2) is 59.3. The number of benzene rings is 10. The molecule has 754 valence electrons. The van der Waals surface area contributed by atoms with Crippen molar-refractivity contribution in [2.75, 3.05) is 49.6 Å². The fourth-order valence-electron chi connectivity index (χ4n) is 9.18. The number of fused-ring (bicyclic) bond motifs is 1. The van der Waals surface area contributed by atoms with Crippen LogP contribution in [0, 0.1) is 49.1 Å². The van der Waals surface area contributed by atoms with Gasteiger partial charge in [0.15, 0.2) is 0 Å².